The molecule has 1 saturated carbocycles. The third-order valence-electron chi connectivity index (χ3n) is 3.27. The summed E-state index contributed by atoms with van der Waals surface area (Å²) in [7, 11) is 3.07. The molecule has 2 rings (SSSR count). The van der Waals surface area contributed by atoms with Crippen molar-refractivity contribution in [1.29, 1.82) is 0 Å². The summed E-state index contributed by atoms with van der Waals surface area (Å²) in [4.78, 5) is 11.8. The lowest BCUT2D eigenvalue weighted by Gasteiger charge is -2.05. The monoisotopic (exact) mass is 304 g/mol. The van der Waals surface area contributed by atoms with E-state index in [0.29, 0.717) is 12.2 Å². The Morgan fingerprint density at radius 3 is 2.74 bits per heavy atom. The van der Waals surface area contributed by atoms with E-state index in [0.717, 1.165) is 18.8 Å². The first-order chi connectivity index (χ1) is 8.88. The Hall–Kier alpha value is -1.01. The molecule has 1 heterocycles. The fraction of sp³-hybridized carbons (Fsp3) is 0.583. The summed E-state index contributed by atoms with van der Waals surface area (Å²) in [5.41, 5.74) is 0.297. The van der Waals surface area contributed by atoms with Gasteiger partial charge in [-0.05, 0) is 24.8 Å². The number of aromatic nitrogens is 1. The van der Waals surface area contributed by atoms with Crippen LogP contribution in [0.25, 0.3) is 0 Å². The van der Waals surface area contributed by atoms with Gasteiger partial charge in [-0.3, -0.25) is 4.79 Å². The van der Waals surface area contributed by atoms with Crippen molar-refractivity contribution in [2.75, 3.05) is 6.54 Å². The molecule has 0 atom stereocenters. The number of halogens is 1. The van der Waals surface area contributed by atoms with Gasteiger partial charge in [0.1, 0.15) is 10.6 Å². The summed E-state index contributed by atoms with van der Waals surface area (Å²) < 4.78 is 23.8. The van der Waals surface area contributed by atoms with Gasteiger partial charge < -0.3 is 9.88 Å². The number of nitrogens with one attached hydrogen (secondary N) is 1. The van der Waals surface area contributed by atoms with Crippen LogP contribution in [0.15, 0.2) is 17.2 Å². The Balaban J connectivity index is 1.92. The minimum Gasteiger partial charge on any atom is -0.351 e. The number of carbonyl (C=O) groups excluding carboxylic acids is 1. The van der Waals surface area contributed by atoms with Crippen molar-refractivity contribution in [3.8, 4) is 0 Å². The highest BCUT2D eigenvalue weighted by atomic mass is 35.7. The highest BCUT2D eigenvalue weighted by Crippen LogP contribution is 2.33. The molecule has 0 saturated heterocycles. The van der Waals surface area contributed by atoms with Crippen LogP contribution in [-0.4, -0.2) is 25.4 Å². The Morgan fingerprint density at radius 1 is 1.53 bits per heavy atom. The molecule has 0 aliphatic heterocycles. The van der Waals surface area contributed by atoms with Crippen molar-refractivity contribution >= 4 is 25.6 Å². The predicted molar refractivity (Wildman–Crippen MR) is 72.7 cm³/mol. The maximum Gasteiger partial charge on any atom is 0.267 e. The smallest absolute Gasteiger partial charge is 0.267 e. The van der Waals surface area contributed by atoms with E-state index in [-0.39, 0.29) is 10.8 Å². The van der Waals surface area contributed by atoms with Gasteiger partial charge in [0.15, 0.2) is 0 Å². The van der Waals surface area contributed by atoms with E-state index in [4.69, 9.17) is 10.7 Å². The molecule has 19 heavy (non-hydrogen) atoms. The van der Waals surface area contributed by atoms with Gasteiger partial charge in [0, 0.05) is 30.5 Å². The lowest BCUT2D eigenvalue weighted by molar-refractivity contribution is 0.0944. The van der Waals surface area contributed by atoms with E-state index in [1.807, 2.05) is 0 Å². The van der Waals surface area contributed by atoms with E-state index < -0.39 is 9.05 Å². The topological polar surface area (TPSA) is 68.2 Å². The third kappa shape index (κ3) is 3.98. The molecule has 1 aliphatic carbocycles. The Bertz CT molecular complexity index is 576. The average molecular weight is 305 g/mol. The van der Waals surface area contributed by atoms with Crippen LogP contribution in [0.5, 0.6) is 0 Å². The number of rotatable bonds is 6. The first-order valence-corrected chi connectivity index (χ1v) is 8.58. The quantitative estimate of drug-likeness (QED) is 0.644. The fourth-order valence-corrected chi connectivity index (χ4v) is 2.77. The summed E-state index contributed by atoms with van der Waals surface area (Å²) in [6.07, 6.45) is 6.06. The Morgan fingerprint density at radius 2 is 2.21 bits per heavy atom. The number of hydrogen-bond acceptors (Lipinski definition) is 3. The first kappa shape index (κ1) is 14.4. The van der Waals surface area contributed by atoms with Crippen molar-refractivity contribution in [2.45, 2.75) is 30.6 Å². The zero-order valence-corrected chi connectivity index (χ0v) is 12.3. The van der Waals surface area contributed by atoms with Crippen molar-refractivity contribution in [2.24, 2.45) is 13.0 Å². The van der Waals surface area contributed by atoms with E-state index in [1.54, 1.807) is 7.05 Å². The number of hydrogen-bond donors (Lipinski definition) is 1. The van der Waals surface area contributed by atoms with Crippen molar-refractivity contribution in [3.05, 3.63) is 18.0 Å². The van der Waals surface area contributed by atoms with Crippen molar-refractivity contribution in [1.82, 2.24) is 9.88 Å². The van der Waals surface area contributed by atoms with Gasteiger partial charge in [-0.25, -0.2) is 8.42 Å². The molecule has 7 heteroatoms. The van der Waals surface area contributed by atoms with Crippen LogP contribution in [0.3, 0.4) is 0 Å². The Labute approximate surface area is 117 Å². The molecule has 106 valence electrons. The standard InChI is InChI=1S/C12H17ClN2O3S/c1-15-8-10(19(13,17)18)7-11(15)12(16)14-6-2-3-9-4-5-9/h7-9H,2-6H2,1H3,(H,14,16). The summed E-state index contributed by atoms with van der Waals surface area (Å²) >= 11 is 0. The third-order valence-corrected chi connectivity index (χ3v) is 4.59. The minimum atomic E-state index is -3.79. The zero-order valence-electron chi connectivity index (χ0n) is 10.7. The molecule has 1 aromatic heterocycles. The summed E-state index contributed by atoms with van der Waals surface area (Å²) in [5, 5.41) is 2.79. The van der Waals surface area contributed by atoms with Crippen LogP contribution in [0.4, 0.5) is 0 Å². The Kier molecular flexibility index (Phi) is 4.20. The normalized spacial score (nSPS) is 15.5. The number of nitrogens with zero attached hydrogens (tertiary/aromatic N) is 1. The van der Waals surface area contributed by atoms with E-state index >= 15 is 0 Å². The molecular weight excluding hydrogens is 288 g/mol. The highest BCUT2D eigenvalue weighted by molar-refractivity contribution is 8.13. The number of carbonyl (C=O) groups is 1. The lowest BCUT2D eigenvalue weighted by Crippen LogP contribution is -2.26. The van der Waals surface area contributed by atoms with Gasteiger partial charge in [-0.1, -0.05) is 12.8 Å². The second kappa shape index (κ2) is 5.54. The lowest BCUT2D eigenvalue weighted by atomic mass is 10.2. The highest BCUT2D eigenvalue weighted by Gasteiger charge is 2.21. The molecular formula is C12H17ClN2O3S. The van der Waals surface area contributed by atoms with E-state index in [9.17, 15) is 13.2 Å². The molecule has 0 bridgehead atoms. The van der Waals surface area contributed by atoms with Crippen LogP contribution in [-0.2, 0) is 16.1 Å². The molecule has 1 aliphatic rings. The van der Waals surface area contributed by atoms with Crippen LogP contribution < -0.4 is 5.32 Å². The van der Waals surface area contributed by atoms with Crippen molar-refractivity contribution < 1.29 is 13.2 Å². The van der Waals surface area contributed by atoms with E-state index in [1.165, 1.54) is 29.7 Å². The second-order valence-corrected chi connectivity index (χ2v) is 7.52. The molecule has 5 nitrogen and oxygen atoms in total. The molecule has 0 unspecified atom stereocenters. The average Bonchev–Trinajstić information content (AvgIpc) is 3.04. The van der Waals surface area contributed by atoms with E-state index in [2.05, 4.69) is 5.32 Å². The SMILES string of the molecule is Cn1cc(S(=O)(=O)Cl)cc1C(=O)NCCCC1CC1. The largest absolute Gasteiger partial charge is 0.351 e. The maximum atomic E-state index is 11.9. The van der Waals surface area contributed by atoms with Gasteiger partial charge >= 0.3 is 0 Å². The molecule has 1 N–H and O–H groups in total. The predicted octanol–water partition coefficient (Wildman–Crippen LogP) is 1.87. The van der Waals surface area contributed by atoms with Gasteiger partial charge in [-0.2, -0.15) is 0 Å². The number of aryl methyl sites for hydroxylation is 1. The van der Waals surface area contributed by atoms with Crippen LogP contribution in [0, 0.1) is 5.92 Å². The summed E-state index contributed by atoms with van der Waals surface area (Å²) in [5.74, 6) is 0.574. The van der Waals surface area contributed by atoms with Gasteiger partial charge in [0.05, 0.1) is 0 Å². The fourth-order valence-electron chi connectivity index (χ4n) is 1.98. The molecule has 0 spiro atoms. The maximum absolute atomic E-state index is 11.9. The summed E-state index contributed by atoms with van der Waals surface area (Å²) in [6.45, 7) is 0.615. The minimum absolute atomic E-state index is 0.0557. The molecule has 0 aromatic carbocycles. The van der Waals surface area contributed by atoms with Gasteiger partial charge in [-0.15, -0.1) is 0 Å². The van der Waals surface area contributed by atoms with Crippen LogP contribution >= 0.6 is 10.7 Å². The molecule has 1 aromatic rings. The van der Waals surface area contributed by atoms with Crippen LogP contribution in [0.2, 0.25) is 0 Å². The van der Waals surface area contributed by atoms with Gasteiger partial charge in [0.25, 0.3) is 15.0 Å². The molecule has 1 fully saturated rings. The van der Waals surface area contributed by atoms with Crippen LogP contribution in [0.1, 0.15) is 36.2 Å². The molecule has 1 amide bonds. The summed E-state index contributed by atoms with van der Waals surface area (Å²) in [6, 6.07) is 1.29. The van der Waals surface area contributed by atoms with Crippen molar-refractivity contribution in [3.63, 3.8) is 0 Å². The second-order valence-electron chi connectivity index (χ2n) is 4.95. The zero-order chi connectivity index (χ0) is 14.0. The number of amides is 1. The van der Waals surface area contributed by atoms with Gasteiger partial charge in [0.2, 0.25) is 0 Å². The molecule has 0 radical (unpaired) electrons. The first-order valence-electron chi connectivity index (χ1n) is 6.27.